The molecule has 2 aromatic rings. The Hall–Kier alpha value is -3.21. The molecular weight excluding hydrogens is 292 g/mol. The average Bonchev–Trinajstić information content (AvgIpc) is 2.55. The maximum Gasteiger partial charge on any atom is 0.255 e. The van der Waals surface area contributed by atoms with Gasteiger partial charge in [0.1, 0.15) is 0 Å². The second-order valence-corrected chi connectivity index (χ2v) is 4.86. The van der Waals surface area contributed by atoms with Crippen LogP contribution in [0.1, 0.15) is 27.6 Å². The summed E-state index contributed by atoms with van der Waals surface area (Å²) in [4.78, 5) is 34.5. The standard InChI is InChI=1S/C18H16N2O3/c1-3-17(22)19-15-10-6-14(7-11-15)18(23)20-16-8-4-13(5-9-16)12(2)21/h3-11H,1H2,2H3,(H,19,22)(H,20,23). The van der Waals surface area contributed by atoms with Crippen LogP contribution >= 0.6 is 0 Å². The second-order valence-electron chi connectivity index (χ2n) is 4.86. The number of Topliss-reactive ketones (excluding diaryl/α,β-unsaturated/α-hetero) is 1. The van der Waals surface area contributed by atoms with Gasteiger partial charge in [-0.2, -0.15) is 0 Å². The maximum absolute atomic E-state index is 12.1. The van der Waals surface area contributed by atoms with Gasteiger partial charge in [-0.1, -0.05) is 6.58 Å². The molecule has 2 N–H and O–H groups in total. The summed E-state index contributed by atoms with van der Waals surface area (Å²) in [5, 5.41) is 5.35. The Balaban J connectivity index is 2.04. The third-order valence-corrected chi connectivity index (χ3v) is 3.15. The minimum atomic E-state index is -0.312. The predicted octanol–water partition coefficient (Wildman–Crippen LogP) is 3.27. The van der Waals surface area contributed by atoms with Crippen LogP contribution in [-0.4, -0.2) is 17.6 Å². The van der Waals surface area contributed by atoms with Crippen molar-refractivity contribution in [2.45, 2.75) is 6.92 Å². The minimum Gasteiger partial charge on any atom is -0.323 e. The lowest BCUT2D eigenvalue weighted by Crippen LogP contribution is -2.12. The first-order chi connectivity index (χ1) is 11.0. The third-order valence-electron chi connectivity index (χ3n) is 3.15. The van der Waals surface area contributed by atoms with Crippen LogP contribution in [0.25, 0.3) is 0 Å². The fourth-order valence-electron chi connectivity index (χ4n) is 1.89. The highest BCUT2D eigenvalue weighted by atomic mass is 16.2. The Bertz CT molecular complexity index is 747. The van der Waals surface area contributed by atoms with Crippen molar-refractivity contribution in [1.82, 2.24) is 0 Å². The van der Waals surface area contributed by atoms with Gasteiger partial charge in [-0.15, -0.1) is 0 Å². The van der Waals surface area contributed by atoms with Crippen LogP contribution in [0.3, 0.4) is 0 Å². The number of amides is 2. The Labute approximate surface area is 134 Å². The fourth-order valence-corrected chi connectivity index (χ4v) is 1.89. The molecule has 0 aromatic heterocycles. The quantitative estimate of drug-likeness (QED) is 0.657. The molecule has 0 aliphatic rings. The van der Waals surface area contributed by atoms with Crippen molar-refractivity contribution in [2.75, 3.05) is 10.6 Å². The summed E-state index contributed by atoms with van der Waals surface area (Å²) in [7, 11) is 0. The van der Waals surface area contributed by atoms with Gasteiger partial charge >= 0.3 is 0 Å². The van der Waals surface area contributed by atoms with Crippen LogP contribution in [-0.2, 0) is 4.79 Å². The van der Waals surface area contributed by atoms with Gasteiger partial charge in [-0.05, 0) is 61.5 Å². The molecule has 0 atom stereocenters. The van der Waals surface area contributed by atoms with Gasteiger partial charge in [0.2, 0.25) is 5.91 Å². The number of rotatable bonds is 5. The predicted molar refractivity (Wildman–Crippen MR) is 89.7 cm³/mol. The fraction of sp³-hybridized carbons (Fsp3) is 0.0556. The van der Waals surface area contributed by atoms with Crippen LogP contribution in [0.15, 0.2) is 61.2 Å². The summed E-state index contributed by atoms with van der Waals surface area (Å²) in [6.45, 7) is 4.86. The van der Waals surface area contributed by atoms with Gasteiger partial charge in [0.25, 0.3) is 5.91 Å². The molecule has 0 saturated carbocycles. The molecule has 5 nitrogen and oxygen atoms in total. The molecule has 5 heteroatoms. The Kier molecular flexibility index (Phi) is 5.04. The van der Waals surface area contributed by atoms with E-state index in [9.17, 15) is 14.4 Å². The topological polar surface area (TPSA) is 75.3 Å². The van der Waals surface area contributed by atoms with E-state index in [-0.39, 0.29) is 17.6 Å². The number of nitrogens with one attached hydrogen (secondary N) is 2. The van der Waals surface area contributed by atoms with Gasteiger partial charge in [0.15, 0.2) is 5.78 Å². The van der Waals surface area contributed by atoms with E-state index in [1.807, 2.05) is 0 Å². The molecule has 23 heavy (non-hydrogen) atoms. The molecule has 116 valence electrons. The second kappa shape index (κ2) is 7.17. The molecule has 0 heterocycles. The number of anilines is 2. The normalized spacial score (nSPS) is 9.78. The van der Waals surface area contributed by atoms with Crippen molar-refractivity contribution in [2.24, 2.45) is 0 Å². The number of carbonyl (C=O) groups is 3. The van der Waals surface area contributed by atoms with Gasteiger partial charge < -0.3 is 10.6 Å². The summed E-state index contributed by atoms with van der Waals surface area (Å²) in [5.74, 6) is -0.616. The molecule has 2 amide bonds. The molecule has 2 aromatic carbocycles. The van der Waals surface area contributed by atoms with Crippen molar-refractivity contribution in [3.05, 3.63) is 72.3 Å². The molecular formula is C18H16N2O3. The zero-order valence-electron chi connectivity index (χ0n) is 12.6. The van der Waals surface area contributed by atoms with Gasteiger partial charge in [0, 0.05) is 22.5 Å². The van der Waals surface area contributed by atoms with Crippen molar-refractivity contribution in [3.8, 4) is 0 Å². The van der Waals surface area contributed by atoms with Crippen molar-refractivity contribution in [1.29, 1.82) is 0 Å². The summed E-state index contributed by atoms with van der Waals surface area (Å²) in [6, 6.07) is 13.2. The number of ketones is 1. The van der Waals surface area contributed by atoms with E-state index >= 15 is 0 Å². The van der Waals surface area contributed by atoms with E-state index in [0.717, 1.165) is 0 Å². The highest BCUT2D eigenvalue weighted by Gasteiger charge is 2.07. The van der Waals surface area contributed by atoms with Gasteiger partial charge in [-0.25, -0.2) is 0 Å². The minimum absolute atomic E-state index is 0.0277. The SMILES string of the molecule is C=CC(=O)Nc1ccc(C(=O)Nc2ccc(C(C)=O)cc2)cc1. The summed E-state index contributed by atoms with van der Waals surface area (Å²) in [6.07, 6.45) is 1.17. The number of hydrogen-bond acceptors (Lipinski definition) is 3. The first kappa shape index (κ1) is 16.2. The van der Waals surface area contributed by atoms with E-state index in [0.29, 0.717) is 22.5 Å². The molecule has 2 rings (SSSR count). The maximum atomic E-state index is 12.1. The first-order valence-corrected chi connectivity index (χ1v) is 6.95. The van der Waals surface area contributed by atoms with E-state index in [1.54, 1.807) is 48.5 Å². The number of hydrogen-bond donors (Lipinski definition) is 2. The summed E-state index contributed by atoms with van der Waals surface area (Å²) >= 11 is 0. The van der Waals surface area contributed by atoms with Crippen LogP contribution < -0.4 is 10.6 Å². The molecule has 0 bridgehead atoms. The average molecular weight is 308 g/mol. The lowest BCUT2D eigenvalue weighted by atomic mass is 10.1. The van der Waals surface area contributed by atoms with E-state index < -0.39 is 0 Å². The van der Waals surface area contributed by atoms with Crippen LogP contribution in [0.2, 0.25) is 0 Å². The highest BCUT2D eigenvalue weighted by Crippen LogP contribution is 2.14. The monoisotopic (exact) mass is 308 g/mol. The number of benzene rings is 2. The first-order valence-electron chi connectivity index (χ1n) is 6.95. The van der Waals surface area contributed by atoms with Crippen LogP contribution in [0.4, 0.5) is 11.4 Å². The Morgan fingerprint density at radius 2 is 1.30 bits per heavy atom. The van der Waals surface area contributed by atoms with Crippen molar-refractivity contribution >= 4 is 29.0 Å². The van der Waals surface area contributed by atoms with E-state index in [2.05, 4.69) is 17.2 Å². The Morgan fingerprint density at radius 1 is 0.826 bits per heavy atom. The zero-order valence-corrected chi connectivity index (χ0v) is 12.6. The van der Waals surface area contributed by atoms with E-state index in [4.69, 9.17) is 0 Å². The zero-order chi connectivity index (χ0) is 16.8. The Morgan fingerprint density at radius 3 is 1.78 bits per heavy atom. The highest BCUT2D eigenvalue weighted by molar-refractivity contribution is 6.05. The molecule has 0 aliphatic heterocycles. The third kappa shape index (κ3) is 4.38. The van der Waals surface area contributed by atoms with Gasteiger partial charge in [0.05, 0.1) is 0 Å². The summed E-state index contributed by atoms with van der Waals surface area (Å²) < 4.78 is 0. The molecule has 0 aliphatic carbocycles. The van der Waals surface area contributed by atoms with Crippen molar-refractivity contribution in [3.63, 3.8) is 0 Å². The molecule has 0 fully saturated rings. The van der Waals surface area contributed by atoms with Crippen molar-refractivity contribution < 1.29 is 14.4 Å². The smallest absolute Gasteiger partial charge is 0.255 e. The van der Waals surface area contributed by atoms with Crippen LogP contribution in [0.5, 0.6) is 0 Å². The van der Waals surface area contributed by atoms with E-state index in [1.165, 1.54) is 13.0 Å². The lowest BCUT2D eigenvalue weighted by molar-refractivity contribution is -0.111. The largest absolute Gasteiger partial charge is 0.323 e. The molecule has 0 spiro atoms. The molecule has 0 unspecified atom stereocenters. The summed E-state index contributed by atoms with van der Waals surface area (Å²) in [5.41, 5.74) is 2.23. The van der Waals surface area contributed by atoms with Crippen LogP contribution in [0, 0.1) is 0 Å². The molecule has 0 radical (unpaired) electrons. The number of carbonyl (C=O) groups excluding carboxylic acids is 3. The van der Waals surface area contributed by atoms with Gasteiger partial charge in [-0.3, -0.25) is 14.4 Å². The molecule has 0 saturated heterocycles. The lowest BCUT2D eigenvalue weighted by Gasteiger charge is -2.07.